The summed E-state index contributed by atoms with van der Waals surface area (Å²) < 4.78 is 47.1. The Balaban J connectivity index is 4.46. The third-order valence-electron chi connectivity index (χ3n) is 2.02. The van der Waals surface area contributed by atoms with Crippen LogP contribution in [0.25, 0.3) is 0 Å². The Kier molecular flexibility index (Phi) is 6.24. The van der Waals surface area contributed by atoms with Crippen LogP contribution in [0.15, 0.2) is 0 Å². The third-order valence-corrected chi connectivity index (χ3v) is 4.96. The minimum absolute atomic E-state index is 0.0607. The van der Waals surface area contributed by atoms with Crippen molar-refractivity contribution < 1.29 is 16.8 Å². The molecule has 0 spiro atoms. The van der Waals surface area contributed by atoms with Crippen molar-refractivity contribution in [2.45, 2.75) is 19.9 Å². The first-order valence-corrected chi connectivity index (χ1v) is 9.06. The van der Waals surface area contributed by atoms with Crippen LogP contribution in [0.3, 0.4) is 0 Å². The van der Waals surface area contributed by atoms with Gasteiger partial charge in [0.05, 0.1) is 11.5 Å². The maximum absolute atomic E-state index is 11.5. The molecule has 1 atom stereocenters. The monoisotopic (exact) mass is 291 g/mol. The van der Waals surface area contributed by atoms with Gasteiger partial charge in [0, 0.05) is 18.2 Å². The summed E-state index contributed by atoms with van der Waals surface area (Å²) in [4.78, 5) is 0. The maximum atomic E-state index is 11.5. The van der Waals surface area contributed by atoms with Gasteiger partial charge in [-0.2, -0.15) is 0 Å². The highest BCUT2D eigenvalue weighted by Gasteiger charge is 2.21. The molecule has 0 aliphatic carbocycles. The fourth-order valence-electron chi connectivity index (χ4n) is 0.896. The first kappa shape index (κ1) is 16.1. The van der Waals surface area contributed by atoms with Crippen LogP contribution in [0, 0.1) is 5.92 Å². The minimum Gasteiger partial charge on any atom is -0.229 e. The summed E-state index contributed by atoms with van der Waals surface area (Å²) in [5, 5.41) is 0. The van der Waals surface area contributed by atoms with Crippen LogP contribution in [-0.2, 0) is 19.9 Å². The van der Waals surface area contributed by atoms with Crippen molar-refractivity contribution in [3.8, 4) is 0 Å². The first-order valence-electron chi connectivity index (χ1n) is 4.81. The van der Waals surface area contributed by atoms with E-state index < -0.39 is 25.6 Å². The molecule has 0 fully saturated rings. The summed E-state index contributed by atoms with van der Waals surface area (Å²) in [6.07, 6.45) is 1.00. The lowest BCUT2D eigenvalue weighted by molar-refractivity contribution is 0.480. The van der Waals surface area contributed by atoms with Gasteiger partial charge < -0.3 is 0 Å². The molecule has 0 aromatic heterocycles. The molecule has 5 nitrogen and oxygen atoms in total. The van der Waals surface area contributed by atoms with E-state index in [2.05, 4.69) is 4.72 Å². The molecule has 0 saturated carbocycles. The number of rotatable bonds is 7. The van der Waals surface area contributed by atoms with Gasteiger partial charge in [-0.1, -0.05) is 13.8 Å². The molecule has 98 valence electrons. The third kappa shape index (κ3) is 7.43. The van der Waals surface area contributed by atoms with Crippen LogP contribution in [0.1, 0.15) is 13.8 Å². The van der Waals surface area contributed by atoms with Crippen molar-refractivity contribution in [3.05, 3.63) is 0 Å². The number of hydrogen-bond donors (Lipinski definition) is 1. The number of sulfone groups is 1. The lowest BCUT2D eigenvalue weighted by atomic mass is 10.1. The highest BCUT2D eigenvalue weighted by molar-refractivity contribution is 7.93. The van der Waals surface area contributed by atoms with E-state index in [0.717, 1.165) is 6.26 Å². The van der Waals surface area contributed by atoms with E-state index in [9.17, 15) is 16.8 Å². The molecule has 16 heavy (non-hydrogen) atoms. The second kappa shape index (κ2) is 6.18. The molecule has 1 N–H and O–H groups in total. The van der Waals surface area contributed by atoms with E-state index in [1.165, 1.54) is 0 Å². The van der Waals surface area contributed by atoms with E-state index in [4.69, 9.17) is 11.6 Å². The minimum atomic E-state index is -3.58. The van der Waals surface area contributed by atoms with Crippen molar-refractivity contribution in [2.75, 3.05) is 23.6 Å². The summed E-state index contributed by atoms with van der Waals surface area (Å²) in [5.41, 5.74) is 0. The lowest BCUT2D eigenvalue weighted by Gasteiger charge is -2.19. The average Bonchev–Trinajstić information content (AvgIpc) is 2.10. The van der Waals surface area contributed by atoms with Gasteiger partial charge in [-0.05, 0) is 5.92 Å². The molecule has 8 heteroatoms. The van der Waals surface area contributed by atoms with Crippen LogP contribution in [0.5, 0.6) is 0 Å². The second-order valence-corrected chi connectivity index (χ2v) is 8.51. The Morgan fingerprint density at radius 3 is 1.94 bits per heavy atom. The molecule has 0 bridgehead atoms. The molecule has 1 unspecified atom stereocenters. The van der Waals surface area contributed by atoms with Gasteiger partial charge in [-0.15, -0.1) is 11.6 Å². The normalized spacial score (nSPS) is 15.3. The van der Waals surface area contributed by atoms with Crippen molar-refractivity contribution in [1.82, 2.24) is 4.72 Å². The van der Waals surface area contributed by atoms with Crippen LogP contribution in [-0.4, -0.2) is 46.5 Å². The number of hydrogen-bond acceptors (Lipinski definition) is 4. The smallest absolute Gasteiger partial charge is 0.212 e. The molecular formula is C8H18ClNO4S2. The van der Waals surface area contributed by atoms with Gasteiger partial charge >= 0.3 is 0 Å². The molecule has 0 aliphatic heterocycles. The zero-order chi connectivity index (χ0) is 13.0. The first-order chi connectivity index (χ1) is 7.07. The second-order valence-electron chi connectivity index (χ2n) is 4.07. The fourth-order valence-corrected chi connectivity index (χ4v) is 4.44. The lowest BCUT2D eigenvalue weighted by Crippen LogP contribution is -2.42. The molecule has 0 saturated heterocycles. The van der Waals surface area contributed by atoms with Crippen LogP contribution < -0.4 is 4.72 Å². The summed E-state index contributed by atoms with van der Waals surface area (Å²) >= 11 is 5.61. The van der Waals surface area contributed by atoms with E-state index in [-0.39, 0.29) is 23.6 Å². The van der Waals surface area contributed by atoms with E-state index in [1.54, 1.807) is 0 Å². The van der Waals surface area contributed by atoms with Crippen LogP contribution in [0.4, 0.5) is 0 Å². The van der Waals surface area contributed by atoms with E-state index in [0.29, 0.717) is 0 Å². The Morgan fingerprint density at radius 2 is 1.62 bits per heavy atom. The van der Waals surface area contributed by atoms with Crippen molar-refractivity contribution >= 4 is 31.5 Å². The van der Waals surface area contributed by atoms with Crippen molar-refractivity contribution in [2.24, 2.45) is 5.92 Å². The summed E-state index contributed by atoms with van der Waals surface area (Å²) in [6, 6.07) is -0.369. The van der Waals surface area contributed by atoms with Gasteiger partial charge in [0.2, 0.25) is 10.0 Å². The zero-order valence-electron chi connectivity index (χ0n) is 9.60. The number of halogens is 1. The summed E-state index contributed by atoms with van der Waals surface area (Å²) in [5.74, 6) is -0.581. The standard InChI is InChI=1S/C8H18ClNO4S2/c1-7(2)8(6-9)10-16(13,14)5-4-15(3,11)12/h7-8,10H,4-6H2,1-3H3. The maximum Gasteiger partial charge on any atom is 0.212 e. The molecule has 0 aliphatic rings. The van der Waals surface area contributed by atoms with E-state index >= 15 is 0 Å². The predicted molar refractivity (Wildman–Crippen MR) is 66.0 cm³/mol. The van der Waals surface area contributed by atoms with Gasteiger partial charge in [0.25, 0.3) is 0 Å². The SMILES string of the molecule is CC(C)C(CCl)NS(=O)(=O)CCS(C)(=O)=O. The Morgan fingerprint density at radius 1 is 1.12 bits per heavy atom. The van der Waals surface area contributed by atoms with Crippen LogP contribution >= 0.6 is 11.6 Å². The molecular weight excluding hydrogens is 274 g/mol. The predicted octanol–water partition coefficient (Wildman–Crippen LogP) is 0.214. The molecule has 0 aromatic rings. The van der Waals surface area contributed by atoms with Crippen molar-refractivity contribution in [3.63, 3.8) is 0 Å². The molecule has 0 radical (unpaired) electrons. The summed E-state index contributed by atoms with van der Waals surface area (Å²) in [6.45, 7) is 3.68. The Hall–Kier alpha value is 0.150. The van der Waals surface area contributed by atoms with Gasteiger partial charge in [-0.3, -0.25) is 0 Å². The largest absolute Gasteiger partial charge is 0.229 e. The highest BCUT2D eigenvalue weighted by atomic mass is 35.5. The Labute approximate surface area is 103 Å². The number of sulfonamides is 1. The highest BCUT2D eigenvalue weighted by Crippen LogP contribution is 2.05. The van der Waals surface area contributed by atoms with Crippen LogP contribution in [0.2, 0.25) is 0 Å². The van der Waals surface area contributed by atoms with Gasteiger partial charge in [0.15, 0.2) is 0 Å². The quantitative estimate of drug-likeness (QED) is 0.680. The molecule has 0 heterocycles. The fraction of sp³-hybridized carbons (Fsp3) is 1.00. The average molecular weight is 292 g/mol. The zero-order valence-corrected chi connectivity index (χ0v) is 12.0. The van der Waals surface area contributed by atoms with Crippen molar-refractivity contribution in [1.29, 1.82) is 0 Å². The number of alkyl halides is 1. The molecule has 0 amide bonds. The van der Waals surface area contributed by atoms with Gasteiger partial charge in [-0.25, -0.2) is 21.6 Å². The van der Waals surface area contributed by atoms with E-state index in [1.807, 2.05) is 13.8 Å². The molecule has 0 aromatic carbocycles. The number of nitrogens with one attached hydrogen (secondary N) is 1. The summed E-state index contributed by atoms with van der Waals surface area (Å²) in [7, 11) is -6.86. The topological polar surface area (TPSA) is 80.3 Å². The molecule has 0 rings (SSSR count). The van der Waals surface area contributed by atoms with Gasteiger partial charge in [0.1, 0.15) is 9.84 Å². The Bertz CT molecular complexity index is 402.